The van der Waals surface area contributed by atoms with Gasteiger partial charge in [0.15, 0.2) is 0 Å². The zero-order chi connectivity index (χ0) is 29.4. The molecule has 0 N–H and O–H groups in total. The first-order chi connectivity index (χ1) is 19.7. The highest BCUT2D eigenvalue weighted by Crippen LogP contribution is 2.40. The Morgan fingerprint density at radius 2 is 1.61 bits per heavy atom. The minimum Gasteiger partial charge on any atom is -0.432 e. The minimum atomic E-state index is -0.907. The van der Waals surface area contributed by atoms with Gasteiger partial charge in [-0.2, -0.15) is 0 Å². The van der Waals surface area contributed by atoms with Gasteiger partial charge in [0.25, 0.3) is 0 Å². The van der Waals surface area contributed by atoms with E-state index in [-0.39, 0.29) is 47.0 Å². The van der Waals surface area contributed by atoms with E-state index in [0.29, 0.717) is 11.6 Å². The maximum Gasteiger partial charge on any atom is 0.513 e. The van der Waals surface area contributed by atoms with E-state index in [1.807, 2.05) is 13.8 Å². The van der Waals surface area contributed by atoms with Crippen molar-refractivity contribution < 1.29 is 28.6 Å². The minimum absolute atomic E-state index is 0.000760. The number of amides is 1. The molecular formula is C28H24N4O8S. The summed E-state index contributed by atoms with van der Waals surface area (Å²) in [6.07, 6.45) is 3.37. The molecule has 3 aromatic rings. The highest BCUT2D eigenvalue weighted by Gasteiger charge is 2.44. The third kappa shape index (κ3) is 7.39. The van der Waals surface area contributed by atoms with Crippen molar-refractivity contribution in [2.75, 3.05) is 12.5 Å². The van der Waals surface area contributed by atoms with Gasteiger partial charge in [0, 0.05) is 18.3 Å². The number of pyridine rings is 1. The molecule has 2 heterocycles. The Hall–Kier alpha value is -4.91. The van der Waals surface area contributed by atoms with Crippen molar-refractivity contribution in [1.29, 1.82) is 0 Å². The molecule has 1 aromatic heterocycles. The van der Waals surface area contributed by atoms with Gasteiger partial charge in [-0.05, 0) is 90.9 Å². The Bertz CT molecular complexity index is 1480. The maximum atomic E-state index is 13.0. The highest BCUT2D eigenvalue weighted by molar-refractivity contribution is 8.00. The summed E-state index contributed by atoms with van der Waals surface area (Å²) in [6.45, 7) is 3.74. The lowest BCUT2D eigenvalue weighted by molar-refractivity contribution is -0.126. The summed E-state index contributed by atoms with van der Waals surface area (Å²) in [5.74, 6) is -0.0817. The van der Waals surface area contributed by atoms with Crippen LogP contribution in [0.4, 0.5) is 16.2 Å². The van der Waals surface area contributed by atoms with Crippen LogP contribution in [0.15, 0.2) is 83.3 Å². The number of aromatic nitrogens is 1. The number of thioether (sulfide) groups is 1. The van der Waals surface area contributed by atoms with Gasteiger partial charge in [-0.1, -0.05) is 0 Å². The molecule has 2 unspecified atom stereocenters. The topological polar surface area (TPSA) is 154 Å². The average molecular weight is 577 g/mol. The standard InChI is InChI=1S/C28H24N4O8S/c1-18-28(2,16-38-27(35)40-24-10-5-21(31-37)6-11-24)41-17-32(18)25(33)12-7-22-15-19(13-14-29-22)26(34)39-23-8-3-20(30-36)4-9-23/h3-15,18H,16-17H2,1-2H3/b12-7+. The van der Waals surface area contributed by atoms with Gasteiger partial charge in [-0.15, -0.1) is 21.6 Å². The van der Waals surface area contributed by atoms with E-state index in [1.165, 1.54) is 90.8 Å². The van der Waals surface area contributed by atoms with Crippen molar-refractivity contribution in [3.8, 4) is 11.5 Å². The van der Waals surface area contributed by atoms with Crippen LogP contribution in [-0.4, -0.2) is 51.2 Å². The molecule has 12 nitrogen and oxygen atoms in total. The first kappa shape index (κ1) is 29.1. The van der Waals surface area contributed by atoms with Crippen LogP contribution in [0, 0.1) is 9.81 Å². The third-order valence-electron chi connectivity index (χ3n) is 6.35. The van der Waals surface area contributed by atoms with Gasteiger partial charge in [-0.3, -0.25) is 9.78 Å². The van der Waals surface area contributed by atoms with Crippen LogP contribution in [0.5, 0.6) is 11.5 Å². The molecule has 0 saturated carbocycles. The van der Waals surface area contributed by atoms with E-state index in [2.05, 4.69) is 15.3 Å². The predicted octanol–water partition coefficient (Wildman–Crippen LogP) is 6.01. The van der Waals surface area contributed by atoms with Crippen LogP contribution >= 0.6 is 11.8 Å². The fourth-order valence-corrected chi connectivity index (χ4v) is 5.05. The lowest BCUT2D eigenvalue weighted by Crippen LogP contribution is -2.45. The van der Waals surface area contributed by atoms with E-state index >= 15 is 0 Å². The van der Waals surface area contributed by atoms with Gasteiger partial charge in [0.2, 0.25) is 5.91 Å². The monoisotopic (exact) mass is 576 g/mol. The normalized spacial score (nSPS) is 18.1. The van der Waals surface area contributed by atoms with Crippen molar-refractivity contribution in [2.45, 2.75) is 24.6 Å². The van der Waals surface area contributed by atoms with E-state index in [0.717, 1.165) is 0 Å². The number of carbonyl (C=O) groups excluding carboxylic acids is 3. The fraction of sp³-hybridized carbons (Fsp3) is 0.214. The highest BCUT2D eigenvalue weighted by atomic mass is 32.2. The van der Waals surface area contributed by atoms with Gasteiger partial charge >= 0.3 is 12.1 Å². The molecule has 1 amide bonds. The molecule has 4 rings (SSSR count). The van der Waals surface area contributed by atoms with E-state index in [1.54, 1.807) is 4.90 Å². The van der Waals surface area contributed by atoms with Gasteiger partial charge in [0.1, 0.15) is 29.5 Å². The zero-order valence-corrected chi connectivity index (χ0v) is 22.8. The second kappa shape index (κ2) is 13.0. The summed E-state index contributed by atoms with van der Waals surface area (Å²) < 4.78 is 15.2. The summed E-state index contributed by atoms with van der Waals surface area (Å²) >= 11 is 1.46. The lowest BCUT2D eigenvalue weighted by Gasteiger charge is -2.30. The number of hydrogen-bond donors (Lipinski definition) is 0. The Labute approximate surface area is 238 Å². The van der Waals surface area contributed by atoms with Gasteiger partial charge in [-0.25, -0.2) is 9.59 Å². The molecule has 1 saturated heterocycles. The Morgan fingerprint density at radius 1 is 1.00 bits per heavy atom. The third-order valence-corrected chi connectivity index (χ3v) is 7.88. The Balaban J connectivity index is 1.31. The van der Waals surface area contributed by atoms with Crippen molar-refractivity contribution in [3.63, 3.8) is 0 Å². The van der Waals surface area contributed by atoms with Crippen LogP contribution in [0.2, 0.25) is 0 Å². The quantitative estimate of drug-likeness (QED) is 0.0973. The molecule has 0 bridgehead atoms. The van der Waals surface area contributed by atoms with E-state index in [4.69, 9.17) is 14.2 Å². The fourth-order valence-electron chi connectivity index (χ4n) is 3.76. The number of hydrogen-bond acceptors (Lipinski definition) is 12. The van der Waals surface area contributed by atoms with Crippen LogP contribution in [-0.2, 0) is 9.53 Å². The second-order valence-corrected chi connectivity index (χ2v) is 10.6. The average Bonchev–Trinajstić information content (AvgIpc) is 3.29. The van der Waals surface area contributed by atoms with E-state index in [9.17, 15) is 24.2 Å². The zero-order valence-electron chi connectivity index (χ0n) is 22.0. The van der Waals surface area contributed by atoms with Crippen LogP contribution in [0.1, 0.15) is 29.9 Å². The first-order valence-electron chi connectivity index (χ1n) is 12.2. The molecule has 41 heavy (non-hydrogen) atoms. The largest absolute Gasteiger partial charge is 0.513 e. The van der Waals surface area contributed by atoms with Gasteiger partial charge in [0.05, 0.1) is 21.9 Å². The lowest BCUT2D eigenvalue weighted by atomic mass is 10.0. The molecule has 1 fully saturated rings. The molecule has 13 heteroatoms. The number of esters is 1. The molecule has 0 aliphatic carbocycles. The molecule has 0 radical (unpaired) electrons. The number of benzene rings is 2. The van der Waals surface area contributed by atoms with E-state index < -0.39 is 16.9 Å². The number of rotatable bonds is 9. The van der Waals surface area contributed by atoms with Crippen LogP contribution in [0.3, 0.4) is 0 Å². The number of nitrogens with zero attached hydrogens (tertiary/aromatic N) is 4. The predicted molar refractivity (Wildman–Crippen MR) is 151 cm³/mol. The molecule has 1 aliphatic rings. The number of carbonyl (C=O) groups is 3. The molecule has 210 valence electrons. The van der Waals surface area contributed by atoms with Crippen molar-refractivity contribution in [1.82, 2.24) is 9.88 Å². The molecule has 1 aliphatic heterocycles. The number of nitroso groups, excluding NO2 is 2. The van der Waals surface area contributed by atoms with Crippen molar-refractivity contribution >= 4 is 47.2 Å². The second-order valence-electron chi connectivity index (χ2n) is 9.07. The van der Waals surface area contributed by atoms with Crippen molar-refractivity contribution in [2.24, 2.45) is 10.4 Å². The van der Waals surface area contributed by atoms with Crippen LogP contribution in [0.25, 0.3) is 6.08 Å². The summed E-state index contributed by atoms with van der Waals surface area (Å²) in [6, 6.07) is 14.1. The first-order valence-corrected chi connectivity index (χ1v) is 13.2. The molecule has 2 atom stereocenters. The molecule has 2 aromatic carbocycles. The summed E-state index contributed by atoms with van der Waals surface area (Å²) in [4.78, 5) is 64.5. The molecule has 0 spiro atoms. The van der Waals surface area contributed by atoms with Gasteiger partial charge < -0.3 is 19.1 Å². The molecular weight excluding hydrogens is 552 g/mol. The number of ether oxygens (including phenoxy) is 3. The smallest absolute Gasteiger partial charge is 0.432 e. The Morgan fingerprint density at radius 3 is 2.22 bits per heavy atom. The summed E-state index contributed by atoms with van der Waals surface area (Å²) in [5, 5.41) is 5.58. The summed E-state index contributed by atoms with van der Waals surface area (Å²) in [5.41, 5.74) is 1.02. The van der Waals surface area contributed by atoms with Crippen molar-refractivity contribution in [3.05, 3.63) is 94.0 Å². The maximum absolute atomic E-state index is 13.0. The summed E-state index contributed by atoms with van der Waals surface area (Å²) in [7, 11) is 0. The van der Waals surface area contributed by atoms with Crippen LogP contribution < -0.4 is 9.47 Å². The Kier molecular flexibility index (Phi) is 9.19. The SMILES string of the molecule is CC1N(C(=O)/C=C/c2cc(C(=O)Oc3ccc(N=O)cc3)ccn2)CSC1(C)COC(=O)Oc1ccc(N=O)cc1.